The van der Waals surface area contributed by atoms with Gasteiger partial charge in [0.2, 0.25) is 0 Å². The second-order valence-corrected chi connectivity index (χ2v) is 3.17. The molecule has 0 aromatic heterocycles. The van der Waals surface area contributed by atoms with Crippen molar-refractivity contribution in [2.45, 2.75) is 0 Å². The Labute approximate surface area is 89.5 Å². The molecule has 0 atom stereocenters. The molecule has 0 saturated heterocycles. The van der Waals surface area contributed by atoms with Gasteiger partial charge in [0.25, 0.3) is 0 Å². The van der Waals surface area contributed by atoms with Crippen molar-refractivity contribution >= 4 is 7.69 Å². The average molecular weight is 198 g/mol. The van der Waals surface area contributed by atoms with E-state index in [9.17, 15) is 0 Å². The summed E-state index contributed by atoms with van der Waals surface area (Å²) in [7, 11) is -0.293. The number of benzene rings is 2. The molecule has 74 valence electrons. The summed E-state index contributed by atoms with van der Waals surface area (Å²) in [4.78, 5) is 0. The number of hydrogen-bond acceptors (Lipinski definition) is 2. The molecular formula is C12H11BO2. The second kappa shape index (κ2) is 4.67. The van der Waals surface area contributed by atoms with E-state index in [2.05, 4.69) is 0 Å². The Morgan fingerprint density at radius 2 is 1.60 bits per heavy atom. The molecule has 3 heteroatoms. The van der Waals surface area contributed by atoms with Gasteiger partial charge in [-0.2, -0.15) is 0 Å². The zero-order valence-corrected chi connectivity index (χ0v) is 8.26. The second-order valence-electron chi connectivity index (χ2n) is 3.17. The molecule has 2 aromatic rings. The topological polar surface area (TPSA) is 29.5 Å². The number of rotatable bonds is 3. The summed E-state index contributed by atoms with van der Waals surface area (Å²) in [5.74, 6) is 0.679. The first kappa shape index (κ1) is 9.81. The van der Waals surface area contributed by atoms with Crippen molar-refractivity contribution in [3.05, 3.63) is 54.6 Å². The molecule has 0 saturated carbocycles. The molecule has 0 aliphatic rings. The highest BCUT2D eigenvalue weighted by Gasteiger charge is 1.98. The van der Waals surface area contributed by atoms with Crippen LogP contribution in [0.3, 0.4) is 0 Å². The smallest absolute Gasteiger partial charge is 0.504 e. The van der Waals surface area contributed by atoms with Crippen LogP contribution < -0.4 is 4.65 Å². The Morgan fingerprint density at radius 3 is 2.33 bits per heavy atom. The minimum absolute atomic E-state index is 0.293. The summed E-state index contributed by atoms with van der Waals surface area (Å²) in [6, 6.07) is 17.7. The van der Waals surface area contributed by atoms with E-state index in [1.807, 2.05) is 54.6 Å². The molecule has 0 amide bonds. The molecule has 2 aromatic carbocycles. The highest BCUT2D eigenvalue weighted by atomic mass is 16.5. The Morgan fingerprint density at radius 1 is 0.867 bits per heavy atom. The van der Waals surface area contributed by atoms with Crippen LogP contribution in [-0.2, 0) is 0 Å². The molecule has 0 aliphatic heterocycles. The lowest BCUT2D eigenvalue weighted by Crippen LogP contribution is -1.99. The molecule has 0 fully saturated rings. The van der Waals surface area contributed by atoms with Gasteiger partial charge in [-0.1, -0.05) is 42.5 Å². The van der Waals surface area contributed by atoms with Crippen molar-refractivity contribution < 1.29 is 9.68 Å². The van der Waals surface area contributed by atoms with Crippen molar-refractivity contribution in [3.8, 4) is 16.9 Å². The lowest BCUT2D eigenvalue weighted by molar-refractivity contribution is 0.454. The zero-order chi connectivity index (χ0) is 10.5. The SMILES string of the molecule is OBOc1cccc(-c2ccccc2)c1. The largest absolute Gasteiger partial charge is 0.539 e. The van der Waals surface area contributed by atoms with Gasteiger partial charge in [-0.15, -0.1) is 0 Å². The first-order valence-corrected chi connectivity index (χ1v) is 4.79. The van der Waals surface area contributed by atoms with Gasteiger partial charge >= 0.3 is 7.69 Å². The first-order chi connectivity index (χ1) is 7.40. The summed E-state index contributed by atoms with van der Waals surface area (Å²) in [5, 5.41) is 8.66. The van der Waals surface area contributed by atoms with Gasteiger partial charge in [-0.05, 0) is 23.3 Å². The van der Waals surface area contributed by atoms with Crippen LogP contribution in [0.2, 0.25) is 0 Å². The highest BCUT2D eigenvalue weighted by molar-refractivity contribution is 6.17. The van der Waals surface area contributed by atoms with E-state index < -0.39 is 0 Å². The van der Waals surface area contributed by atoms with Gasteiger partial charge < -0.3 is 9.68 Å². The lowest BCUT2D eigenvalue weighted by atomic mass is 10.1. The number of hydrogen-bond donors (Lipinski definition) is 1. The standard InChI is InChI=1S/C12H11BO2/c14-13-15-12-8-4-7-11(9-12)10-5-2-1-3-6-10/h1-9,13-14H. The van der Waals surface area contributed by atoms with Crippen molar-refractivity contribution in [1.29, 1.82) is 0 Å². The predicted molar refractivity (Wildman–Crippen MR) is 61.9 cm³/mol. The van der Waals surface area contributed by atoms with Crippen LogP contribution in [0.25, 0.3) is 11.1 Å². The Bertz CT molecular complexity index is 429. The van der Waals surface area contributed by atoms with Crippen LogP contribution in [-0.4, -0.2) is 12.7 Å². The van der Waals surface area contributed by atoms with Gasteiger partial charge in [0.15, 0.2) is 0 Å². The normalized spacial score (nSPS) is 9.67. The maximum atomic E-state index is 8.66. The summed E-state index contributed by atoms with van der Waals surface area (Å²) >= 11 is 0. The fraction of sp³-hybridized carbons (Fsp3) is 0. The van der Waals surface area contributed by atoms with E-state index in [-0.39, 0.29) is 7.69 Å². The summed E-state index contributed by atoms with van der Waals surface area (Å²) in [5.41, 5.74) is 2.22. The van der Waals surface area contributed by atoms with E-state index in [0.717, 1.165) is 11.1 Å². The van der Waals surface area contributed by atoms with E-state index in [1.165, 1.54) is 0 Å². The molecule has 2 rings (SSSR count). The minimum Gasteiger partial charge on any atom is -0.539 e. The van der Waals surface area contributed by atoms with Crippen LogP contribution in [0, 0.1) is 0 Å². The van der Waals surface area contributed by atoms with Crippen LogP contribution in [0.4, 0.5) is 0 Å². The van der Waals surface area contributed by atoms with E-state index in [1.54, 1.807) is 0 Å². The highest BCUT2D eigenvalue weighted by Crippen LogP contribution is 2.23. The molecule has 15 heavy (non-hydrogen) atoms. The summed E-state index contributed by atoms with van der Waals surface area (Å²) in [6.07, 6.45) is 0. The molecule has 2 nitrogen and oxygen atoms in total. The van der Waals surface area contributed by atoms with E-state index >= 15 is 0 Å². The van der Waals surface area contributed by atoms with Crippen molar-refractivity contribution in [2.75, 3.05) is 0 Å². The molecular weight excluding hydrogens is 187 g/mol. The molecule has 0 spiro atoms. The summed E-state index contributed by atoms with van der Waals surface area (Å²) in [6.45, 7) is 0. The molecule has 0 aliphatic carbocycles. The fourth-order valence-corrected chi connectivity index (χ4v) is 1.47. The first-order valence-electron chi connectivity index (χ1n) is 4.79. The van der Waals surface area contributed by atoms with Gasteiger partial charge in [0.05, 0.1) is 0 Å². The molecule has 0 heterocycles. The van der Waals surface area contributed by atoms with Crippen molar-refractivity contribution in [1.82, 2.24) is 0 Å². The third kappa shape index (κ3) is 2.39. The zero-order valence-electron chi connectivity index (χ0n) is 8.26. The molecule has 1 N–H and O–H groups in total. The fourth-order valence-electron chi connectivity index (χ4n) is 1.47. The third-order valence-electron chi connectivity index (χ3n) is 2.17. The average Bonchev–Trinajstić information content (AvgIpc) is 2.31. The minimum atomic E-state index is -0.293. The van der Waals surface area contributed by atoms with Gasteiger partial charge in [0, 0.05) is 0 Å². The lowest BCUT2D eigenvalue weighted by Gasteiger charge is -2.05. The Balaban J connectivity index is 2.33. The maximum Gasteiger partial charge on any atom is 0.504 e. The van der Waals surface area contributed by atoms with Crippen LogP contribution in [0.15, 0.2) is 54.6 Å². The van der Waals surface area contributed by atoms with E-state index in [4.69, 9.17) is 9.68 Å². The predicted octanol–water partition coefficient (Wildman–Crippen LogP) is 1.99. The quantitative estimate of drug-likeness (QED) is 0.764. The van der Waals surface area contributed by atoms with Gasteiger partial charge in [-0.3, -0.25) is 0 Å². The van der Waals surface area contributed by atoms with Crippen LogP contribution in [0.5, 0.6) is 5.75 Å². The Hall–Kier alpha value is -1.74. The Kier molecular flexibility index (Phi) is 3.05. The maximum absolute atomic E-state index is 8.66. The van der Waals surface area contributed by atoms with Crippen LogP contribution >= 0.6 is 0 Å². The van der Waals surface area contributed by atoms with Crippen molar-refractivity contribution in [2.24, 2.45) is 0 Å². The molecule has 0 unspecified atom stereocenters. The van der Waals surface area contributed by atoms with Gasteiger partial charge in [-0.25, -0.2) is 0 Å². The van der Waals surface area contributed by atoms with E-state index in [0.29, 0.717) is 5.75 Å². The monoisotopic (exact) mass is 198 g/mol. The van der Waals surface area contributed by atoms with Gasteiger partial charge in [0.1, 0.15) is 5.75 Å². The summed E-state index contributed by atoms with van der Waals surface area (Å²) < 4.78 is 5.02. The van der Waals surface area contributed by atoms with Crippen LogP contribution in [0.1, 0.15) is 0 Å². The molecule has 0 bridgehead atoms. The third-order valence-corrected chi connectivity index (χ3v) is 2.17. The van der Waals surface area contributed by atoms with Crippen molar-refractivity contribution in [3.63, 3.8) is 0 Å². The molecule has 0 radical (unpaired) electrons.